The molecule has 0 bridgehead atoms. The minimum Gasteiger partial charge on any atom is -0.497 e. The number of fused-ring (bicyclic) bond motifs is 3. The lowest BCUT2D eigenvalue weighted by Crippen LogP contribution is -2.46. The molecule has 4 atom stereocenters. The summed E-state index contributed by atoms with van der Waals surface area (Å²) in [4.78, 5) is 40.6. The number of hydrogen-bond acceptors (Lipinski definition) is 8. The highest BCUT2D eigenvalue weighted by atomic mass is 16.6. The third-order valence-corrected chi connectivity index (χ3v) is 7.34. The molecule has 0 aliphatic carbocycles. The number of carbonyl (C=O) groups excluding carboxylic acids is 2. The van der Waals surface area contributed by atoms with Crippen LogP contribution in [0.15, 0.2) is 78.9 Å². The number of para-hydroxylation sites is 1. The summed E-state index contributed by atoms with van der Waals surface area (Å²) in [6, 6.07) is 20.1. The minimum atomic E-state index is -1.80. The number of ether oxygens (including phenoxy) is 2. The normalized spacial score (nSPS) is 23.1. The van der Waals surface area contributed by atoms with E-state index >= 15 is 0 Å². The fraction of sp³-hybridized carbons (Fsp3) is 0.207. The summed E-state index contributed by atoms with van der Waals surface area (Å²) in [5.41, 5.74) is 0.115. The lowest BCUT2D eigenvalue weighted by atomic mass is 9.68. The summed E-state index contributed by atoms with van der Waals surface area (Å²) in [5.74, 6) is -1.63. The van der Waals surface area contributed by atoms with Crippen LogP contribution < -0.4 is 9.64 Å². The van der Waals surface area contributed by atoms with E-state index in [1.54, 1.807) is 35.2 Å². The topological polar surface area (TPSA) is 123 Å². The van der Waals surface area contributed by atoms with Gasteiger partial charge >= 0.3 is 5.97 Å². The maximum atomic E-state index is 14.3. The molecule has 3 aromatic rings. The third-order valence-electron chi connectivity index (χ3n) is 7.34. The van der Waals surface area contributed by atoms with Crippen LogP contribution in [0.25, 0.3) is 6.08 Å². The van der Waals surface area contributed by atoms with Crippen molar-refractivity contribution in [3.05, 3.63) is 106 Å². The van der Waals surface area contributed by atoms with E-state index in [-0.39, 0.29) is 11.3 Å². The number of nitro benzene ring substituents is 1. The number of methoxy groups -OCH3 is 2. The molecule has 38 heavy (non-hydrogen) atoms. The van der Waals surface area contributed by atoms with Crippen LogP contribution in [0.2, 0.25) is 0 Å². The molecule has 5 rings (SSSR count). The van der Waals surface area contributed by atoms with Gasteiger partial charge in [-0.25, -0.2) is 0 Å². The molecule has 0 N–H and O–H groups in total. The number of rotatable bonds is 6. The lowest BCUT2D eigenvalue weighted by molar-refractivity contribution is -0.384. The van der Waals surface area contributed by atoms with Crippen LogP contribution in [0.3, 0.4) is 0 Å². The summed E-state index contributed by atoms with van der Waals surface area (Å²) >= 11 is 0. The van der Waals surface area contributed by atoms with E-state index in [4.69, 9.17) is 9.47 Å². The Morgan fingerprint density at radius 3 is 2.45 bits per heavy atom. The van der Waals surface area contributed by atoms with Crippen molar-refractivity contribution in [1.29, 1.82) is 5.26 Å². The number of nitriles is 1. The van der Waals surface area contributed by atoms with Crippen molar-refractivity contribution < 1.29 is 24.0 Å². The molecule has 2 aliphatic rings. The van der Waals surface area contributed by atoms with E-state index in [0.29, 0.717) is 17.0 Å². The molecule has 0 saturated carbocycles. The Kier molecular flexibility index (Phi) is 6.17. The van der Waals surface area contributed by atoms with Gasteiger partial charge < -0.3 is 14.4 Å². The first-order chi connectivity index (χ1) is 18.4. The van der Waals surface area contributed by atoms with Gasteiger partial charge in [0.25, 0.3) is 5.69 Å². The van der Waals surface area contributed by atoms with E-state index in [0.717, 1.165) is 5.56 Å². The number of nitrogens with zero attached hydrogens (tertiary/aromatic N) is 3. The number of Topliss-reactive ketones (excluding diaryl/α,β-unsaturated/α-hetero) is 1. The van der Waals surface area contributed by atoms with Gasteiger partial charge in [-0.15, -0.1) is 0 Å². The molecule has 2 heterocycles. The van der Waals surface area contributed by atoms with Crippen LogP contribution in [0.5, 0.6) is 5.75 Å². The standard InChI is InChI=1S/C29H23N3O6/c1-37-22-13-10-19(11-14-22)25-26(27(33)20-7-5-8-21(16-20)32(35)36)31-23-9-4-3-6-18(23)12-15-24(31)29(25,17-30)28(34)38-2/h3-16,24-26H,1-2H3/t24-,25-,26+,29-/m0/s1. The Balaban J connectivity index is 1.80. The van der Waals surface area contributed by atoms with Crippen molar-refractivity contribution in [3.8, 4) is 11.8 Å². The first kappa shape index (κ1) is 24.7. The van der Waals surface area contributed by atoms with Crippen LogP contribution >= 0.6 is 0 Å². The van der Waals surface area contributed by atoms with Gasteiger partial charge in [0.2, 0.25) is 0 Å². The van der Waals surface area contributed by atoms with Crippen LogP contribution in [-0.2, 0) is 9.53 Å². The van der Waals surface area contributed by atoms with Crippen molar-refractivity contribution in [3.63, 3.8) is 0 Å². The van der Waals surface area contributed by atoms with E-state index in [1.165, 1.54) is 38.5 Å². The Bertz CT molecular complexity index is 1510. The maximum absolute atomic E-state index is 14.3. The fourth-order valence-corrected chi connectivity index (χ4v) is 5.66. The second kappa shape index (κ2) is 9.48. The van der Waals surface area contributed by atoms with Crippen molar-refractivity contribution >= 4 is 29.2 Å². The van der Waals surface area contributed by atoms with Gasteiger partial charge in [0.05, 0.1) is 31.3 Å². The molecule has 0 unspecified atom stereocenters. The number of non-ortho nitro benzene ring substituents is 1. The summed E-state index contributed by atoms with van der Waals surface area (Å²) in [6.45, 7) is 0. The van der Waals surface area contributed by atoms with Gasteiger partial charge in [-0.1, -0.05) is 54.6 Å². The molecule has 9 nitrogen and oxygen atoms in total. The van der Waals surface area contributed by atoms with Gasteiger partial charge in [-0.05, 0) is 29.3 Å². The van der Waals surface area contributed by atoms with Crippen LogP contribution in [-0.4, -0.2) is 43.0 Å². The fourth-order valence-electron chi connectivity index (χ4n) is 5.66. The Hall–Kier alpha value is -4.97. The van der Waals surface area contributed by atoms with E-state index in [1.807, 2.05) is 30.3 Å². The van der Waals surface area contributed by atoms with E-state index < -0.39 is 40.1 Å². The molecular formula is C29H23N3O6. The van der Waals surface area contributed by atoms with Crippen molar-refractivity contribution in [2.45, 2.75) is 18.0 Å². The average Bonchev–Trinajstić information content (AvgIpc) is 3.28. The molecule has 2 aliphatic heterocycles. The number of anilines is 1. The molecule has 3 aromatic carbocycles. The zero-order chi connectivity index (χ0) is 27.0. The van der Waals surface area contributed by atoms with Crippen molar-refractivity contribution in [2.24, 2.45) is 5.41 Å². The van der Waals surface area contributed by atoms with E-state index in [2.05, 4.69) is 6.07 Å². The monoisotopic (exact) mass is 509 g/mol. The summed E-state index contributed by atoms with van der Waals surface area (Å²) < 4.78 is 10.5. The molecule has 0 aromatic heterocycles. The number of esters is 1. The van der Waals surface area contributed by atoms with Crippen molar-refractivity contribution in [1.82, 2.24) is 0 Å². The van der Waals surface area contributed by atoms with Crippen LogP contribution in [0, 0.1) is 26.9 Å². The summed E-state index contributed by atoms with van der Waals surface area (Å²) in [7, 11) is 2.74. The van der Waals surface area contributed by atoms with Gasteiger partial charge in [-0.3, -0.25) is 19.7 Å². The quantitative estimate of drug-likeness (QED) is 0.205. The van der Waals surface area contributed by atoms with Crippen LogP contribution in [0.1, 0.15) is 27.4 Å². The van der Waals surface area contributed by atoms with Gasteiger partial charge in [0, 0.05) is 29.3 Å². The molecule has 1 fully saturated rings. The number of hydrogen-bond donors (Lipinski definition) is 0. The molecule has 0 radical (unpaired) electrons. The number of nitro groups is 1. The number of benzene rings is 3. The molecule has 1 saturated heterocycles. The summed E-state index contributed by atoms with van der Waals surface area (Å²) in [6.07, 6.45) is 3.58. The second-order valence-electron chi connectivity index (χ2n) is 9.11. The Labute approximate surface area is 218 Å². The van der Waals surface area contributed by atoms with Gasteiger partial charge in [0.1, 0.15) is 11.8 Å². The number of ketones is 1. The van der Waals surface area contributed by atoms with Gasteiger partial charge in [-0.2, -0.15) is 5.26 Å². The molecule has 9 heteroatoms. The first-order valence-electron chi connectivity index (χ1n) is 11.8. The predicted molar refractivity (Wildman–Crippen MR) is 139 cm³/mol. The highest BCUT2D eigenvalue weighted by Crippen LogP contribution is 2.56. The molecule has 0 amide bonds. The van der Waals surface area contributed by atoms with E-state index in [9.17, 15) is 25.0 Å². The van der Waals surface area contributed by atoms with Crippen LogP contribution in [0.4, 0.5) is 11.4 Å². The first-order valence-corrected chi connectivity index (χ1v) is 11.8. The lowest BCUT2D eigenvalue weighted by Gasteiger charge is -2.36. The molecule has 0 spiro atoms. The smallest absolute Gasteiger partial charge is 0.329 e. The average molecular weight is 510 g/mol. The molecule has 190 valence electrons. The highest BCUT2D eigenvalue weighted by Gasteiger charge is 2.67. The zero-order valence-corrected chi connectivity index (χ0v) is 20.6. The van der Waals surface area contributed by atoms with Crippen molar-refractivity contribution in [2.75, 3.05) is 19.1 Å². The minimum absolute atomic E-state index is 0.104. The third kappa shape index (κ3) is 3.61. The SMILES string of the molecule is COC(=O)[C@@]1(C#N)[C@@H]2C=Cc3ccccc3N2[C@@H](C(=O)c2cccc([N+](=O)[O-])c2)[C@@H]1c1ccc(OC)cc1. The Morgan fingerprint density at radius 2 is 1.79 bits per heavy atom. The zero-order valence-electron chi connectivity index (χ0n) is 20.6. The number of carbonyl (C=O) groups is 2. The highest BCUT2D eigenvalue weighted by molar-refractivity contribution is 6.06. The summed E-state index contributed by atoms with van der Waals surface area (Å²) in [5, 5.41) is 22.2. The maximum Gasteiger partial charge on any atom is 0.329 e. The largest absolute Gasteiger partial charge is 0.497 e. The second-order valence-corrected chi connectivity index (χ2v) is 9.11. The predicted octanol–water partition coefficient (Wildman–Crippen LogP) is 4.54. The Morgan fingerprint density at radius 1 is 1.05 bits per heavy atom. The molecular weight excluding hydrogens is 486 g/mol. The van der Waals surface area contributed by atoms with Gasteiger partial charge in [0.15, 0.2) is 11.2 Å².